The Labute approximate surface area is 180 Å². The highest BCUT2D eigenvalue weighted by atomic mass is 127. The number of benzene rings is 2. The summed E-state index contributed by atoms with van der Waals surface area (Å²) in [5, 5.41) is 9.49. The molecule has 4 nitrogen and oxygen atoms in total. The van der Waals surface area contributed by atoms with Crippen LogP contribution in [0, 0.1) is 5.82 Å². The molecule has 0 aliphatic heterocycles. The molecule has 0 fully saturated rings. The van der Waals surface area contributed by atoms with Gasteiger partial charge in [0, 0.05) is 24.5 Å². The topological polar surface area (TPSA) is 49.3 Å². The van der Waals surface area contributed by atoms with Crippen molar-refractivity contribution in [3.63, 3.8) is 0 Å². The molecule has 3 rings (SSSR count). The van der Waals surface area contributed by atoms with Crippen LogP contribution in [0.15, 0.2) is 65.0 Å². The van der Waals surface area contributed by atoms with Crippen molar-refractivity contribution in [3.8, 4) is 11.3 Å². The van der Waals surface area contributed by atoms with Crippen LogP contribution in [-0.4, -0.2) is 24.5 Å². The maximum atomic E-state index is 13.6. The zero-order valence-electron chi connectivity index (χ0n) is 15.0. The summed E-state index contributed by atoms with van der Waals surface area (Å²) in [7, 11) is 1.72. The van der Waals surface area contributed by atoms with E-state index in [-0.39, 0.29) is 29.8 Å². The van der Waals surface area contributed by atoms with Crippen LogP contribution in [0.2, 0.25) is 0 Å². The summed E-state index contributed by atoms with van der Waals surface area (Å²) in [5.74, 6) is 0.506. The summed E-state index contributed by atoms with van der Waals surface area (Å²) < 4.78 is 13.6. The molecule has 0 saturated carbocycles. The zero-order chi connectivity index (χ0) is 18.2. The fourth-order valence-corrected chi connectivity index (χ4v) is 3.27. The number of halogens is 2. The van der Waals surface area contributed by atoms with E-state index in [4.69, 9.17) is 0 Å². The summed E-state index contributed by atoms with van der Waals surface area (Å²) in [4.78, 5) is 8.85. The first-order valence-corrected chi connectivity index (χ1v) is 9.32. The summed E-state index contributed by atoms with van der Waals surface area (Å²) in [5.41, 5.74) is 2.79. The van der Waals surface area contributed by atoms with Crippen molar-refractivity contribution in [2.24, 2.45) is 4.99 Å². The van der Waals surface area contributed by atoms with Crippen molar-refractivity contribution in [1.82, 2.24) is 15.6 Å². The molecule has 2 aromatic carbocycles. The molecular formula is C20H22FIN4S. The van der Waals surface area contributed by atoms with Crippen molar-refractivity contribution in [2.45, 2.75) is 13.0 Å². The second-order valence-corrected chi connectivity index (χ2v) is 6.63. The van der Waals surface area contributed by atoms with Gasteiger partial charge in [-0.15, -0.1) is 35.3 Å². The van der Waals surface area contributed by atoms with Crippen molar-refractivity contribution in [2.75, 3.05) is 13.6 Å². The molecular weight excluding hydrogens is 474 g/mol. The Morgan fingerprint density at radius 3 is 2.56 bits per heavy atom. The van der Waals surface area contributed by atoms with Crippen LogP contribution >= 0.6 is 35.3 Å². The van der Waals surface area contributed by atoms with E-state index in [9.17, 15) is 4.39 Å². The van der Waals surface area contributed by atoms with Crippen LogP contribution in [0.4, 0.5) is 4.39 Å². The monoisotopic (exact) mass is 496 g/mol. The van der Waals surface area contributed by atoms with Gasteiger partial charge in [-0.25, -0.2) is 9.37 Å². The molecule has 0 spiro atoms. The van der Waals surface area contributed by atoms with Crippen LogP contribution in [-0.2, 0) is 13.0 Å². The summed E-state index contributed by atoms with van der Waals surface area (Å²) in [6.07, 6.45) is 0.600. The number of hydrogen-bond acceptors (Lipinski definition) is 3. The van der Waals surface area contributed by atoms with E-state index in [1.807, 2.05) is 24.3 Å². The number of aliphatic imine (C=N–C) groups is 1. The van der Waals surface area contributed by atoms with Crippen molar-refractivity contribution >= 4 is 41.3 Å². The lowest BCUT2D eigenvalue weighted by Crippen LogP contribution is -2.37. The van der Waals surface area contributed by atoms with Crippen LogP contribution in [0.5, 0.6) is 0 Å². The van der Waals surface area contributed by atoms with Gasteiger partial charge in [-0.05, 0) is 18.1 Å². The number of rotatable bonds is 6. The molecule has 2 N–H and O–H groups in total. The van der Waals surface area contributed by atoms with Crippen molar-refractivity contribution < 1.29 is 4.39 Å². The summed E-state index contributed by atoms with van der Waals surface area (Å²) in [6, 6.07) is 16.9. The largest absolute Gasteiger partial charge is 0.356 e. The van der Waals surface area contributed by atoms with Gasteiger partial charge in [0.05, 0.1) is 12.2 Å². The average molecular weight is 496 g/mol. The van der Waals surface area contributed by atoms with Gasteiger partial charge in [0.1, 0.15) is 10.8 Å². The first-order chi connectivity index (χ1) is 12.8. The molecule has 0 atom stereocenters. The molecule has 0 amide bonds. The smallest absolute Gasteiger partial charge is 0.191 e. The normalized spacial score (nSPS) is 11.0. The van der Waals surface area contributed by atoms with Crippen LogP contribution in [0.25, 0.3) is 11.3 Å². The van der Waals surface area contributed by atoms with Crippen LogP contribution < -0.4 is 10.6 Å². The number of guanidine groups is 1. The van der Waals surface area contributed by atoms with Gasteiger partial charge in [0.2, 0.25) is 0 Å². The molecule has 1 aromatic heterocycles. The molecule has 0 bridgehead atoms. The van der Waals surface area contributed by atoms with Gasteiger partial charge >= 0.3 is 0 Å². The van der Waals surface area contributed by atoms with Crippen LogP contribution in [0.1, 0.15) is 10.6 Å². The molecule has 0 aliphatic carbocycles. The van der Waals surface area contributed by atoms with E-state index < -0.39 is 0 Å². The second-order valence-electron chi connectivity index (χ2n) is 5.69. The van der Waals surface area contributed by atoms with Gasteiger partial charge in [-0.2, -0.15) is 0 Å². The third-order valence-corrected chi connectivity index (χ3v) is 4.75. The molecule has 0 radical (unpaired) electrons. The SMILES string of the molecule is CN=C(NCCc1ccccc1F)NCc1nc(-c2ccccc2)cs1.I. The molecule has 1 heterocycles. The Morgan fingerprint density at radius 2 is 1.81 bits per heavy atom. The van der Waals surface area contributed by atoms with E-state index in [1.165, 1.54) is 6.07 Å². The Morgan fingerprint density at radius 1 is 1.07 bits per heavy atom. The maximum Gasteiger partial charge on any atom is 0.191 e. The number of hydrogen-bond donors (Lipinski definition) is 2. The predicted molar refractivity (Wildman–Crippen MR) is 121 cm³/mol. The molecule has 0 aliphatic rings. The zero-order valence-corrected chi connectivity index (χ0v) is 18.1. The minimum absolute atomic E-state index is 0. The number of nitrogens with zero attached hydrogens (tertiary/aromatic N) is 2. The first kappa shape index (κ1) is 21.3. The predicted octanol–water partition coefficient (Wildman–Crippen LogP) is 4.47. The van der Waals surface area contributed by atoms with Gasteiger partial charge in [-0.1, -0.05) is 48.5 Å². The number of aromatic nitrogens is 1. The fourth-order valence-electron chi connectivity index (χ4n) is 2.53. The van der Waals surface area contributed by atoms with E-state index in [1.54, 1.807) is 30.5 Å². The minimum Gasteiger partial charge on any atom is -0.356 e. The third-order valence-electron chi connectivity index (χ3n) is 3.90. The number of thiazole rings is 1. The average Bonchev–Trinajstić information content (AvgIpc) is 3.16. The lowest BCUT2D eigenvalue weighted by Gasteiger charge is -2.11. The van der Waals surface area contributed by atoms with Gasteiger partial charge in [0.25, 0.3) is 0 Å². The molecule has 27 heavy (non-hydrogen) atoms. The molecule has 0 unspecified atom stereocenters. The van der Waals surface area contributed by atoms with E-state index >= 15 is 0 Å². The second kappa shape index (κ2) is 11.0. The highest BCUT2D eigenvalue weighted by molar-refractivity contribution is 14.0. The minimum atomic E-state index is -0.173. The standard InChI is InChI=1S/C20H21FN4S.HI/c1-22-20(23-12-11-15-7-5-6-10-17(15)21)24-13-19-25-18(14-26-19)16-8-3-2-4-9-16;/h2-10,14H,11-13H2,1H3,(H2,22,23,24);1H. The summed E-state index contributed by atoms with van der Waals surface area (Å²) >= 11 is 1.61. The summed E-state index contributed by atoms with van der Waals surface area (Å²) in [6.45, 7) is 1.20. The molecule has 142 valence electrons. The Hall–Kier alpha value is -2.00. The fraction of sp³-hybridized carbons (Fsp3) is 0.200. The lowest BCUT2D eigenvalue weighted by molar-refractivity contribution is 0.606. The van der Waals surface area contributed by atoms with Gasteiger partial charge in [-0.3, -0.25) is 4.99 Å². The highest BCUT2D eigenvalue weighted by Gasteiger charge is 2.06. The van der Waals surface area contributed by atoms with E-state index in [0.29, 0.717) is 31.0 Å². The van der Waals surface area contributed by atoms with Crippen molar-refractivity contribution in [1.29, 1.82) is 0 Å². The quantitative estimate of drug-likeness (QED) is 0.301. The third kappa shape index (κ3) is 6.28. The Kier molecular flexibility index (Phi) is 8.66. The molecule has 0 saturated heterocycles. The molecule has 7 heteroatoms. The van der Waals surface area contributed by atoms with E-state index in [2.05, 4.69) is 38.1 Å². The Balaban J connectivity index is 0.00000261. The van der Waals surface area contributed by atoms with E-state index in [0.717, 1.165) is 16.3 Å². The van der Waals surface area contributed by atoms with Crippen LogP contribution in [0.3, 0.4) is 0 Å². The number of nitrogens with one attached hydrogen (secondary N) is 2. The lowest BCUT2D eigenvalue weighted by atomic mass is 10.1. The van der Waals surface area contributed by atoms with Gasteiger partial charge in [0.15, 0.2) is 5.96 Å². The maximum absolute atomic E-state index is 13.6. The Bertz CT molecular complexity index is 867. The molecule has 3 aromatic rings. The van der Waals surface area contributed by atoms with Gasteiger partial charge < -0.3 is 10.6 Å². The highest BCUT2D eigenvalue weighted by Crippen LogP contribution is 2.21. The first-order valence-electron chi connectivity index (χ1n) is 8.44. The van der Waals surface area contributed by atoms with Crippen molar-refractivity contribution in [3.05, 3.63) is 76.4 Å².